The Morgan fingerprint density at radius 3 is 2.65 bits per heavy atom. The molecule has 0 saturated carbocycles. The van der Waals surface area contributed by atoms with E-state index < -0.39 is 6.10 Å². The van der Waals surface area contributed by atoms with E-state index in [9.17, 15) is 0 Å². The van der Waals surface area contributed by atoms with E-state index in [1.54, 1.807) is 18.2 Å². The van der Waals surface area contributed by atoms with Crippen LogP contribution in [0.25, 0.3) is 0 Å². The zero-order valence-electron chi connectivity index (χ0n) is 10.1. The summed E-state index contributed by atoms with van der Waals surface area (Å²) in [6.07, 6.45) is 0.157. The van der Waals surface area contributed by atoms with Gasteiger partial charge in [0.1, 0.15) is 5.84 Å². The van der Waals surface area contributed by atoms with Gasteiger partial charge < -0.3 is 20.3 Å². The lowest BCUT2D eigenvalue weighted by atomic mass is 10.2. The standard InChI is InChI=1S/C12H18N2O3/c1-3-9(12(13)14)17-10-5-4-8(7-15)6-11(10)16-2/h4-6,9,15H,3,7H2,1-2H3,(H3,13,14). The molecule has 0 spiro atoms. The van der Waals surface area contributed by atoms with Crippen molar-refractivity contribution >= 4 is 5.84 Å². The molecule has 0 saturated heterocycles. The third-order valence-corrected chi connectivity index (χ3v) is 2.40. The average molecular weight is 238 g/mol. The predicted octanol–water partition coefficient (Wildman–Crippen LogP) is 1.28. The molecule has 0 aliphatic carbocycles. The van der Waals surface area contributed by atoms with E-state index in [4.69, 9.17) is 25.7 Å². The quantitative estimate of drug-likeness (QED) is 0.514. The number of aliphatic hydroxyl groups is 1. The highest BCUT2D eigenvalue weighted by Gasteiger charge is 2.14. The molecule has 4 N–H and O–H groups in total. The third-order valence-electron chi connectivity index (χ3n) is 2.40. The van der Waals surface area contributed by atoms with E-state index in [2.05, 4.69) is 0 Å². The van der Waals surface area contributed by atoms with Gasteiger partial charge in [-0.3, -0.25) is 5.41 Å². The molecule has 1 aromatic rings. The Kier molecular flexibility index (Phi) is 4.78. The molecular formula is C12H18N2O3. The third kappa shape index (κ3) is 3.35. The lowest BCUT2D eigenvalue weighted by Gasteiger charge is -2.18. The number of rotatable bonds is 6. The second-order valence-electron chi connectivity index (χ2n) is 3.61. The van der Waals surface area contributed by atoms with Gasteiger partial charge in [0, 0.05) is 0 Å². The maximum atomic E-state index is 9.01. The fourth-order valence-corrected chi connectivity index (χ4v) is 1.43. The van der Waals surface area contributed by atoms with Crippen molar-refractivity contribution in [3.8, 4) is 11.5 Å². The van der Waals surface area contributed by atoms with Gasteiger partial charge in [-0.15, -0.1) is 0 Å². The number of hydrogen-bond acceptors (Lipinski definition) is 4. The van der Waals surface area contributed by atoms with Crippen LogP contribution in [-0.4, -0.2) is 24.2 Å². The molecule has 1 unspecified atom stereocenters. The van der Waals surface area contributed by atoms with Gasteiger partial charge >= 0.3 is 0 Å². The van der Waals surface area contributed by atoms with Crippen LogP contribution >= 0.6 is 0 Å². The van der Waals surface area contributed by atoms with Crippen LogP contribution in [0.2, 0.25) is 0 Å². The maximum Gasteiger partial charge on any atom is 0.162 e. The molecule has 5 nitrogen and oxygen atoms in total. The average Bonchev–Trinajstić information content (AvgIpc) is 2.35. The van der Waals surface area contributed by atoms with Crippen LogP contribution in [0.3, 0.4) is 0 Å². The Labute approximate surface area is 101 Å². The lowest BCUT2D eigenvalue weighted by Crippen LogP contribution is -2.32. The summed E-state index contributed by atoms with van der Waals surface area (Å²) in [6, 6.07) is 5.14. The smallest absolute Gasteiger partial charge is 0.162 e. The van der Waals surface area contributed by atoms with E-state index in [1.807, 2.05) is 6.92 Å². The molecule has 94 valence electrons. The van der Waals surface area contributed by atoms with Crippen LogP contribution in [0.4, 0.5) is 0 Å². The Morgan fingerprint density at radius 2 is 2.18 bits per heavy atom. The van der Waals surface area contributed by atoms with Crippen LogP contribution in [0.15, 0.2) is 18.2 Å². The van der Waals surface area contributed by atoms with Crippen LogP contribution in [0.5, 0.6) is 11.5 Å². The van der Waals surface area contributed by atoms with Crippen LogP contribution in [0, 0.1) is 5.41 Å². The molecule has 0 radical (unpaired) electrons. The second kappa shape index (κ2) is 6.10. The number of benzene rings is 1. The summed E-state index contributed by atoms with van der Waals surface area (Å²) in [7, 11) is 1.53. The molecule has 1 aromatic carbocycles. The first-order valence-corrected chi connectivity index (χ1v) is 5.40. The van der Waals surface area contributed by atoms with E-state index in [-0.39, 0.29) is 12.4 Å². The molecule has 0 bridgehead atoms. The number of ether oxygens (including phenoxy) is 2. The summed E-state index contributed by atoms with van der Waals surface area (Å²) in [6.45, 7) is 1.83. The summed E-state index contributed by atoms with van der Waals surface area (Å²) in [4.78, 5) is 0. The van der Waals surface area contributed by atoms with Crippen LogP contribution in [-0.2, 0) is 6.61 Å². The minimum atomic E-state index is -0.455. The monoisotopic (exact) mass is 238 g/mol. The van der Waals surface area contributed by atoms with Crippen molar-refractivity contribution in [2.24, 2.45) is 5.73 Å². The van der Waals surface area contributed by atoms with Gasteiger partial charge in [-0.2, -0.15) is 0 Å². The van der Waals surface area contributed by atoms with E-state index in [0.29, 0.717) is 17.9 Å². The molecule has 0 fully saturated rings. The number of amidine groups is 1. The normalized spacial score (nSPS) is 11.9. The molecule has 1 rings (SSSR count). The fourth-order valence-electron chi connectivity index (χ4n) is 1.43. The second-order valence-corrected chi connectivity index (χ2v) is 3.61. The number of aliphatic hydroxyl groups excluding tert-OH is 1. The Morgan fingerprint density at radius 1 is 1.47 bits per heavy atom. The first-order chi connectivity index (χ1) is 8.12. The SMILES string of the molecule is CCC(Oc1ccc(CO)cc1OC)C(=N)N. The largest absolute Gasteiger partial charge is 0.493 e. The summed E-state index contributed by atoms with van der Waals surface area (Å²) < 4.78 is 10.8. The molecule has 1 atom stereocenters. The molecule has 0 amide bonds. The summed E-state index contributed by atoms with van der Waals surface area (Å²) in [5.41, 5.74) is 6.16. The Bertz CT molecular complexity index is 393. The maximum absolute atomic E-state index is 9.01. The minimum Gasteiger partial charge on any atom is -0.493 e. The van der Waals surface area contributed by atoms with Crippen molar-refractivity contribution in [3.63, 3.8) is 0 Å². The topological polar surface area (TPSA) is 88.6 Å². The molecule has 0 aromatic heterocycles. The Hall–Kier alpha value is -1.75. The van der Waals surface area contributed by atoms with Gasteiger partial charge in [0.25, 0.3) is 0 Å². The summed E-state index contributed by atoms with van der Waals surface area (Å²) in [5, 5.41) is 16.4. The fraction of sp³-hybridized carbons (Fsp3) is 0.417. The number of methoxy groups -OCH3 is 1. The van der Waals surface area contributed by atoms with Crippen molar-refractivity contribution in [2.45, 2.75) is 26.1 Å². The van der Waals surface area contributed by atoms with Crippen molar-refractivity contribution in [1.29, 1.82) is 5.41 Å². The highest BCUT2D eigenvalue weighted by Crippen LogP contribution is 2.29. The van der Waals surface area contributed by atoms with Gasteiger partial charge in [0.05, 0.1) is 13.7 Å². The van der Waals surface area contributed by atoms with E-state index >= 15 is 0 Å². The summed E-state index contributed by atoms with van der Waals surface area (Å²) >= 11 is 0. The Balaban J connectivity index is 2.93. The molecule has 0 aliphatic heterocycles. The van der Waals surface area contributed by atoms with Crippen LogP contribution in [0.1, 0.15) is 18.9 Å². The minimum absolute atomic E-state index is 0.0132. The zero-order valence-corrected chi connectivity index (χ0v) is 10.1. The van der Waals surface area contributed by atoms with Gasteiger partial charge in [0.15, 0.2) is 17.6 Å². The summed E-state index contributed by atoms with van der Waals surface area (Å²) in [5.74, 6) is 1.03. The van der Waals surface area contributed by atoms with E-state index in [1.165, 1.54) is 7.11 Å². The molecule has 17 heavy (non-hydrogen) atoms. The first-order valence-electron chi connectivity index (χ1n) is 5.40. The van der Waals surface area contributed by atoms with Gasteiger partial charge in [0.2, 0.25) is 0 Å². The van der Waals surface area contributed by atoms with Crippen molar-refractivity contribution in [1.82, 2.24) is 0 Å². The number of nitrogens with two attached hydrogens (primary N) is 1. The predicted molar refractivity (Wildman–Crippen MR) is 65.5 cm³/mol. The van der Waals surface area contributed by atoms with Crippen molar-refractivity contribution in [3.05, 3.63) is 23.8 Å². The van der Waals surface area contributed by atoms with Crippen molar-refractivity contribution < 1.29 is 14.6 Å². The zero-order chi connectivity index (χ0) is 12.8. The van der Waals surface area contributed by atoms with Gasteiger partial charge in [-0.25, -0.2) is 0 Å². The van der Waals surface area contributed by atoms with E-state index in [0.717, 1.165) is 5.56 Å². The molecular weight excluding hydrogens is 220 g/mol. The highest BCUT2D eigenvalue weighted by atomic mass is 16.5. The number of hydrogen-bond donors (Lipinski definition) is 3. The lowest BCUT2D eigenvalue weighted by molar-refractivity contribution is 0.245. The first kappa shape index (κ1) is 13.3. The van der Waals surface area contributed by atoms with Gasteiger partial charge in [-0.05, 0) is 24.1 Å². The molecule has 0 aliphatic rings. The molecule has 5 heteroatoms. The number of nitrogens with one attached hydrogen (secondary N) is 1. The van der Waals surface area contributed by atoms with Crippen LogP contribution < -0.4 is 15.2 Å². The van der Waals surface area contributed by atoms with Crippen molar-refractivity contribution in [2.75, 3.05) is 7.11 Å². The highest BCUT2D eigenvalue weighted by molar-refractivity contribution is 5.82. The van der Waals surface area contributed by atoms with Gasteiger partial charge in [-0.1, -0.05) is 13.0 Å². The molecule has 0 heterocycles.